The molecular formula is C11H10O2S. The van der Waals surface area contributed by atoms with Gasteiger partial charge in [0.2, 0.25) is 0 Å². The molecule has 0 amide bonds. The van der Waals surface area contributed by atoms with Gasteiger partial charge in [-0.3, -0.25) is 4.79 Å². The Balaban J connectivity index is 2.69. The van der Waals surface area contributed by atoms with Crippen LogP contribution in [0.2, 0.25) is 0 Å². The minimum absolute atomic E-state index is 0.0496. The number of carbonyl (C=O) groups excluding carboxylic acids is 1. The third-order valence-corrected chi connectivity index (χ3v) is 3.30. The molecule has 0 aliphatic heterocycles. The monoisotopic (exact) mass is 206 g/mol. The van der Waals surface area contributed by atoms with Gasteiger partial charge in [-0.15, -0.1) is 11.3 Å². The van der Waals surface area contributed by atoms with Crippen LogP contribution in [0.15, 0.2) is 18.2 Å². The number of aryl methyl sites for hydroxylation is 1. The van der Waals surface area contributed by atoms with E-state index in [0.29, 0.717) is 0 Å². The highest BCUT2D eigenvalue weighted by Gasteiger charge is 2.04. The van der Waals surface area contributed by atoms with E-state index in [2.05, 4.69) is 0 Å². The molecule has 0 aliphatic carbocycles. The third-order valence-electron chi connectivity index (χ3n) is 2.28. The van der Waals surface area contributed by atoms with E-state index >= 15 is 0 Å². The van der Waals surface area contributed by atoms with Crippen LogP contribution in [0.3, 0.4) is 0 Å². The highest BCUT2D eigenvalue weighted by atomic mass is 32.1. The van der Waals surface area contributed by atoms with Crippen molar-refractivity contribution in [1.29, 1.82) is 0 Å². The van der Waals surface area contributed by atoms with Crippen LogP contribution in [0.1, 0.15) is 20.8 Å². The molecule has 0 aliphatic rings. The van der Waals surface area contributed by atoms with E-state index in [-0.39, 0.29) is 6.61 Å². The van der Waals surface area contributed by atoms with Gasteiger partial charge in [0.1, 0.15) is 0 Å². The summed E-state index contributed by atoms with van der Waals surface area (Å²) in [7, 11) is 0. The van der Waals surface area contributed by atoms with Gasteiger partial charge < -0.3 is 5.11 Å². The first-order valence-corrected chi connectivity index (χ1v) is 5.15. The van der Waals surface area contributed by atoms with E-state index in [1.807, 2.05) is 25.1 Å². The summed E-state index contributed by atoms with van der Waals surface area (Å²) in [6.07, 6.45) is 0.860. The Morgan fingerprint density at radius 1 is 1.43 bits per heavy atom. The number of hydrogen-bond donors (Lipinski definition) is 1. The number of hydrogen-bond acceptors (Lipinski definition) is 3. The predicted molar refractivity (Wildman–Crippen MR) is 57.9 cm³/mol. The Morgan fingerprint density at radius 2 is 2.21 bits per heavy atom. The average Bonchev–Trinajstić information content (AvgIpc) is 2.58. The minimum Gasteiger partial charge on any atom is -0.392 e. The van der Waals surface area contributed by atoms with Crippen molar-refractivity contribution in [2.45, 2.75) is 13.5 Å². The SMILES string of the molecule is Cc1cc2sc(C=O)cc2cc1CO. The molecule has 0 unspecified atom stereocenters. The maximum Gasteiger partial charge on any atom is 0.160 e. The Bertz CT molecular complexity index is 485. The normalized spacial score (nSPS) is 10.7. The van der Waals surface area contributed by atoms with E-state index in [1.54, 1.807) is 0 Å². The van der Waals surface area contributed by atoms with Crippen LogP contribution < -0.4 is 0 Å². The zero-order valence-electron chi connectivity index (χ0n) is 7.78. The lowest BCUT2D eigenvalue weighted by Crippen LogP contribution is -1.86. The van der Waals surface area contributed by atoms with Gasteiger partial charge in [0.15, 0.2) is 6.29 Å². The number of carbonyl (C=O) groups is 1. The molecule has 1 heterocycles. The van der Waals surface area contributed by atoms with Crippen LogP contribution in [-0.4, -0.2) is 11.4 Å². The zero-order valence-corrected chi connectivity index (χ0v) is 8.60. The molecule has 1 N–H and O–H groups in total. The molecule has 14 heavy (non-hydrogen) atoms. The van der Waals surface area contributed by atoms with Gasteiger partial charge in [0.05, 0.1) is 11.5 Å². The van der Waals surface area contributed by atoms with Crippen molar-refractivity contribution in [3.63, 3.8) is 0 Å². The molecule has 1 aromatic heterocycles. The molecule has 0 atom stereocenters. The average molecular weight is 206 g/mol. The zero-order chi connectivity index (χ0) is 10.1. The molecule has 2 nitrogen and oxygen atoms in total. The van der Waals surface area contributed by atoms with Crippen LogP contribution in [0.4, 0.5) is 0 Å². The third kappa shape index (κ3) is 1.45. The molecule has 3 heteroatoms. The topological polar surface area (TPSA) is 37.3 Å². The van der Waals surface area contributed by atoms with Gasteiger partial charge in [0.25, 0.3) is 0 Å². The molecular weight excluding hydrogens is 196 g/mol. The number of thiophene rings is 1. The van der Waals surface area contributed by atoms with E-state index in [0.717, 1.165) is 32.4 Å². The maximum absolute atomic E-state index is 10.6. The second kappa shape index (κ2) is 3.52. The number of rotatable bonds is 2. The molecule has 2 aromatic rings. The van der Waals surface area contributed by atoms with E-state index in [4.69, 9.17) is 5.11 Å². The van der Waals surface area contributed by atoms with Crippen molar-refractivity contribution in [2.75, 3.05) is 0 Å². The van der Waals surface area contributed by atoms with Crippen molar-refractivity contribution >= 4 is 27.7 Å². The Hall–Kier alpha value is -1.19. The Labute approximate surface area is 85.8 Å². The molecule has 0 saturated heterocycles. The van der Waals surface area contributed by atoms with E-state index in [1.165, 1.54) is 11.3 Å². The number of aliphatic hydroxyl groups is 1. The van der Waals surface area contributed by atoms with Crippen LogP contribution in [0, 0.1) is 6.92 Å². The van der Waals surface area contributed by atoms with Crippen molar-refractivity contribution in [3.8, 4) is 0 Å². The standard InChI is InChI=1S/C11H10O2S/c1-7-2-11-8(3-9(7)5-12)4-10(6-13)14-11/h2-4,6,12H,5H2,1H3. The summed E-state index contributed by atoms with van der Waals surface area (Å²) in [6, 6.07) is 5.80. The molecule has 72 valence electrons. The fourth-order valence-electron chi connectivity index (χ4n) is 1.48. The van der Waals surface area contributed by atoms with Gasteiger partial charge in [-0.2, -0.15) is 0 Å². The summed E-state index contributed by atoms with van der Waals surface area (Å²) in [6.45, 7) is 2.01. The summed E-state index contributed by atoms with van der Waals surface area (Å²) >= 11 is 1.48. The molecule has 2 rings (SSSR count). The minimum atomic E-state index is 0.0496. The van der Waals surface area contributed by atoms with Crippen LogP contribution >= 0.6 is 11.3 Å². The summed E-state index contributed by atoms with van der Waals surface area (Å²) in [4.78, 5) is 11.3. The molecule has 0 radical (unpaired) electrons. The molecule has 0 bridgehead atoms. The molecule has 0 fully saturated rings. The molecule has 1 aromatic carbocycles. The fraction of sp³-hybridized carbons (Fsp3) is 0.182. The number of aldehydes is 1. The number of fused-ring (bicyclic) bond motifs is 1. The summed E-state index contributed by atoms with van der Waals surface area (Å²) in [5.41, 5.74) is 1.99. The van der Waals surface area contributed by atoms with Crippen molar-refractivity contribution in [3.05, 3.63) is 34.2 Å². The van der Waals surface area contributed by atoms with Gasteiger partial charge in [0, 0.05) is 4.70 Å². The first kappa shape index (κ1) is 9.37. The number of benzene rings is 1. The van der Waals surface area contributed by atoms with Gasteiger partial charge in [-0.25, -0.2) is 0 Å². The van der Waals surface area contributed by atoms with Gasteiger partial charge in [-0.1, -0.05) is 0 Å². The highest BCUT2D eigenvalue weighted by Crippen LogP contribution is 2.27. The predicted octanol–water partition coefficient (Wildman–Crippen LogP) is 2.51. The fourth-order valence-corrected chi connectivity index (χ4v) is 2.44. The lowest BCUT2D eigenvalue weighted by molar-refractivity contribution is 0.112. The first-order valence-electron chi connectivity index (χ1n) is 4.33. The second-order valence-corrected chi connectivity index (χ2v) is 4.36. The van der Waals surface area contributed by atoms with Gasteiger partial charge in [-0.05, 0) is 41.6 Å². The van der Waals surface area contributed by atoms with E-state index < -0.39 is 0 Å². The lowest BCUT2D eigenvalue weighted by Gasteiger charge is -2.01. The summed E-state index contributed by atoms with van der Waals surface area (Å²) in [5.74, 6) is 0. The second-order valence-electron chi connectivity index (χ2n) is 3.24. The van der Waals surface area contributed by atoms with Crippen molar-refractivity contribution in [1.82, 2.24) is 0 Å². The summed E-state index contributed by atoms with van der Waals surface area (Å²) < 4.78 is 1.10. The maximum atomic E-state index is 10.6. The van der Waals surface area contributed by atoms with Crippen molar-refractivity contribution < 1.29 is 9.90 Å². The lowest BCUT2D eigenvalue weighted by atomic mass is 10.1. The highest BCUT2D eigenvalue weighted by molar-refractivity contribution is 7.20. The summed E-state index contributed by atoms with van der Waals surface area (Å²) in [5, 5.41) is 10.1. The first-order chi connectivity index (χ1) is 6.74. The smallest absolute Gasteiger partial charge is 0.160 e. The molecule has 0 saturated carbocycles. The van der Waals surface area contributed by atoms with Crippen molar-refractivity contribution in [2.24, 2.45) is 0 Å². The number of aliphatic hydroxyl groups excluding tert-OH is 1. The quantitative estimate of drug-likeness (QED) is 0.766. The van der Waals surface area contributed by atoms with Crippen LogP contribution in [0.5, 0.6) is 0 Å². The van der Waals surface area contributed by atoms with Gasteiger partial charge >= 0.3 is 0 Å². The largest absolute Gasteiger partial charge is 0.392 e. The molecule has 0 spiro atoms. The van der Waals surface area contributed by atoms with Crippen LogP contribution in [0.25, 0.3) is 10.1 Å². The Morgan fingerprint density at radius 3 is 2.86 bits per heavy atom. The Kier molecular flexibility index (Phi) is 2.35. The van der Waals surface area contributed by atoms with Crippen LogP contribution in [-0.2, 0) is 6.61 Å². The van der Waals surface area contributed by atoms with E-state index in [9.17, 15) is 4.79 Å².